The highest BCUT2D eigenvalue weighted by Crippen LogP contribution is 2.19. The summed E-state index contributed by atoms with van der Waals surface area (Å²) < 4.78 is 5.19. The van der Waals surface area contributed by atoms with Crippen molar-refractivity contribution in [2.75, 3.05) is 6.54 Å². The summed E-state index contributed by atoms with van der Waals surface area (Å²) in [5.41, 5.74) is 5.49. The van der Waals surface area contributed by atoms with E-state index in [1.807, 2.05) is 51.1 Å². The van der Waals surface area contributed by atoms with Crippen LogP contribution >= 0.6 is 0 Å². The average Bonchev–Trinajstić information content (AvgIpc) is 2.51. The lowest BCUT2D eigenvalue weighted by Gasteiger charge is -2.37. The Morgan fingerprint density at radius 1 is 1.20 bits per heavy atom. The third-order valence-electron chi connectivity index (χ3n) is 3.54. The average molecular weight is 349 g/mol. The van der Waals surface area contributed by atoms with Crippen molar-refractivity contribution in [3.05, 3.63) is 35.9 Å². The van der Waals surface area contributed by atoms with Crippen LogP contribution in [0, 0.1) is 0 Å². The number of nitrogens with one attached hydrogen (secondary N) is 1. The Kier molecular flexibility index (Phi) is 7.42. The summed E-state index contributed by atoms with van der Waals surface area (Å²) in [5, 5.41) is 2.30. The second-order valence-corrected chi connectivity index (χ2v) is 6.75. The molecule has 0 saturated carbocycles. The van der Waals surface area contributed by atoms with E-state index in [4.69, 9.17) is 10.5 Å². The molecular weight excluding hydrogens is 322 g/mol. The van der Waals surface area contributed by atoms with Crippen LogP contribution in [0.25, 0.3) is 0 Å². The van der Waals surface area contributed by atoms with Crippen LogP contribution in [0.2, 0.25) is 0 Å². The van der Waals surface area contributed by atoms with Crippen molar-refractivity contribution in [1.82, 2.24) is 10.2 Å². The molecule has 1 aromatic carbocycles. The number of esters is 1. The predicted octanol–water partition coefficient (Wildman–Crippen LogP) is 1.80. The SMILES string of the molecule is C[C@@H](OC(=O)CCNC(N)=O)C(=O)N(Cc1ccccc1)C(C)(C)C. The van der Waals surface area contributed by atoms with Crippen LogP contribution in [-0.2, 0) is 20.9 Å². The number of benzene rings is 1. The van der Waals surface area contributed by atoms with Gasteiger partial charge in [-0.05, 0) is 33.3 Å². The third kappa shape index (κ3) is 7.24. The molecule has 0 bridgehead atoms. The predicted molar refractivity (Wildman–Crippen MR) is 94.5 cm³/mol. The fourth-order valence-corrected chi connectivity index (χ4v) is 2.23. The van der Waals surface area contributed by atoms with Gasteiger partial charge in [0.25, 0.3) is 5.91 Å². The molecule has 0 spiro atoms. The van der Waals surface area contributed by atoms with Crippen molar-refractivity contribution < 1.29 is 19.1 Å². The van der Waals surface area contributed by atoms with Crippen LogP contribution < -0.4 is 11.1 Å². The van der Waals surface area contributed by atoms with Crippen molar-refractivity contribution in [3.8, 4) is 0 Å². The van der Waals surface area contributed by atoms with Crippen molar-refractivity contribution >= 4 is 17.9 Å². The van der Waals surface area contributed by atoms with Gasteiger partial charge in [0.15, 0.2) is 6.10 Å². The second kappa shape index (κ2) is 9.05. The molecule has 138 valence electrons. The van der Waals surface area contributed by atoms with Crippen molar-refractivity contribution in [3.63, 3.8) is 0 Å². The number of nitrogens with two attached hydrogens (primary N) is 1. The number of amides is 3. The topological polar surface area (TPSA) is 102 Å². The molecule has 3 amide bonds. The van der Waals surface area contributed by atoms with Gasteiger partial charge in [0.05, 0.1) is 6.42 Å². The molecule has 0 saturated heterocycles. The number of hydrogen-bond acceptors (Lipinski definition) is 4. The van der Waals surface area contributed by atoms with Crippen LogP contribution in [0.4, 0.5) is 4.79 Å². The summed E-state index contributed by atoms with van der Waals surface area (Å²) in [6.07, 6.45) is -0.960. The molecule has 25 heavy (non-hydrogen) atoms. The molecule has 0 heterocycles. The standard InChI is InChI=1S/C18H27N3O4/c1-13(25-15(22)10-11-20-17(19)24)16(23)21(18(2,3)4)12-14-8-6-5-7-9-14/h5-9,13H,10-12H2,1-4H3,(H3,19,20,24)/t13-/m1/s1. The largest absolute Gasteiger partial charge is 0.452 e. The molecular formula is C18H27N3O4. The number of carbonyl (C=O) groups is 3. The zero-order chi connectivity index (χ0) is 19.0. The lowest BCUT2D eigenvalue weighted by Crippen LogP contribution is -2.49. The van der Waals surface area contributed by atoms with Crippen LogP contribution in [0.1, 0.15) is 39.7 Å². The van der Waals surface area contributed by atoms with E-state index in [0.717, 1.165) is 5.56 Å². The minimum absolute atomic E-state index is 0.0469. The van der Waals surface area contributed by atoms with Gasteiger partial charge < -0.3 is 20.7 Å². The van der Waals surface area contributed by atoms with E-state index >= 15 is 0 Å². The van der Waals surface area contributed by atoms with E-state index < -0.39 is 23.6 Å². The number of urea groups is 1. The summed E-state index contributed by atoms with van der Waals surface area (Å²) in [5.74, 6) is -0.837. The highest BCUT2D eigenvalue weighted by atomic mass is 16.5. The lowest BCUT2D eigenvalue weighted by atomic mass is 10.0. The first kappa shape index (κ1) is 20.5. The minimum atomic E-state index is -0.913. The van der Waals surface area contributed by atoms with Gasteiger partial charge in [-0.2, -0.15) is 0 Å². The van der Waals surface area contributed by atoms with E-state index in [1.54, 1.807) is 11.8 Å². The number of hydrogen-bond donors (Lipinski definition) is 2. The van der Waals surface area contributed by atoms with E-state index in [2.05, 4.69) is 5.32 Å². The van der Waals surface area contributed by atoms with Crippen molar-refractivity contribution in [2.24, 2.45) is 5.73 Å². The quantitative estimate of drug-likeness (QED) is 0.733. The van der Waals surface area contributed by atoms with Gasteiger partial charge in [-0.1, -0.05) is 30.3 Å². The summed E-state index contributed by atoms with van der Waals surface area (Å²) in [7, 11) is 0. The first-order valence-electron chi connectivity index (χ1n) is 8.19. The number of carbonyl (C=O) groups excluding carboxylic acids is 3. The minimum Gasteiger partial charge on any atom is -0.452 e. The van der Waals surface area contributed by atoms with Crippen molar-refractivity contribution in [2.45, 2.75) is 52.3 Å². The molecule has 1 rings (SSSR count). The molecule has 0 aliphatic heterocycles. The maximum atomic E-state index is 12.8. The van der Waals surface area contributed by atoms with Gasteiger partial charge >= 0.3 is 12.0 Å². The van der Waals surface area contributed by atoms with Gasteiger partial charge in [-0.3, -0.25) is 9.59 Å². The molecule has 1 aromatic rings. The summed E-state index contributed by atoms with van der Waals surface area (Å²) in [4.78, 5) is 36.8. The molecule has 0 aliphatic carbocycles. The van der Waals surface area contributed by atoms with E-state index in [-0.39, 0.29) is 18.9 Å². The van der Waals surface area contributed by atoms with Gasteiger partial charge in [-0.15, -0.1) is 0 Å². The molecule has 1 atom stereocenters. The summed E-state index contributed by atoms with van der Waals surface area (Å²) >= 11 is 0. The fraction of sp³-hybridized carbons (Fsp3) is 0.500. The Balaban J connectivity index is 2.70. The molecule has 7 nitrogen and oxygen atoms in total. The fourth-order valence-electron chi connectivity index (χ4n) is 2.23. The smallest absolute Gasteiger partial charge is 0.312 e. The van der Waals surface area contributed by atoms with E-state index in [1.165, 1.54) is 0 Å². The van der Waals surface area contributed by atoms with Gasteiger partial charge in [-0.25, -0.2) is 4.79 Å². The Morgan fingerprint density at radius 2 is 1.80 bits per heavy atom. The number of rotatable bonds is 7. The lowest BCUT2D eigenvalue weighted by molar-refractivity contribution is -0.162. The molecule has 0 aliphatic rings. The molecule has 0 radical (unpaired) electrons. The third-order valence-corrected chi connectivity index (χ3v) is 3.54. The first-order valence-corrected chi connectivity index (χ1v) is 8.19. The van der Waals surface area contributed by atoms with Gasteiger partial charge in [0, 0.05) is 18.6 Å². The monoisotopic (exact) mass is 349 g/mol. The molecule has 0 unspecified atom stereocenters. The highest BCUT2D eigenvalue weighted by molar-refractivity contribution is 5.84. The normalized spacial score (nSPS) is 12.2. The Morgan fingerprint density at radius 3 is 2.32 bits per heavy atom. The van der Waals surface area contributed by atoms with Crippen LogP contribution in [0.5, 0.6) is 0 Å². The van der Waals surface area contributed by atoms with Crippen LogP contribution in [0.15, 0.2) is 30.3 Å². The summed E-state index contributed by atoms with van der Waals surface area (Å²) in [6.45, 7) is 7.83. The Labute approximate surface area is 148 Å². The Bertz CT molecular complexity index is 596. The molecule has 7 heteroatoms. The first-order chi connectivity index (χ1) is 11.6. The molecule has 0 aromatic heterocycles. The maximum Gasteiger partial charge on any atom is 0.312 e. The highest BCUT2D eigenvalue weighted by Gasteiger charge is 2.31. The number of primary amides is 1. The maximum absolute atomic E-state index is 12.8. The van der Waals surface area contributed by atoms with E-state index in [0.29, 0.717) is 6.54 Å². The van der Waals surface area contributed by atoms with Crippen LogP contribution in [0.3, 0.4) is 0 Å². The Hall–Kier alpha value is -2.57. The zero-order valence-corrected chi connectivity index (χ0v) is 15.2. The number of nitrogens with zero attached hydrogens (tertiary/aromatic N) is 1. The van der Waals surface area contributed by atoms with Crippen LogP contribution in [-0.4, -0.2) is 41.0 Å². The second-order valence-electron chi connectivity index (χ2n) is 6.75. The summed E-state index contributed by atoms with van der Waals surface area (Å²) in [6, 6.07) is 8.91. The van der Waals surface area contributed by atoms with Gasteiger partial charge in [0.2, 0.25) is 0 Å². The zero-order valence-electron chi connectivity index (χ0n) is 15.2. The molecule has 3 N–H and O–H groups in total. The van der Waals surface area contributed by atoms with Gasteiger partial charge in [0.1, 0.15) is 0 Å². The van der Waals surface area contributed by atoms with E-state index in [9.17, 15) is 14.4 Å². The number of ether oxygens (including phenoxy) is 1. The molecule has 0 fully saturated rings. The van der Waals surface area contributed by atoms with Crippen molar-refractivity contribution in [1.29, 1.82) is 0 Å².